The van der Waals surface area contributed by atoms with E-state index in [4.69, 9.17) is 15.3 Å². The summed E-state index contributed by atoms with van der Waals surface area (Å²) in [5.74, 6) is -2.10. The summed E-state index contributed by atoms with van der Waals surface area (Å²) in [5, 5.41) is 27.3. The fourth-order valence-corrected chi connectivity index (χ4v) is 0.454. The highest BCUT2D eigenvalue weighted by Crippen LogP contribution is 1.85. The lowest BCUT2D eigenvalue weighted by Crippen LogP contribution is -2.44. The molecule has 0 fully saturated rings. The van der Waals surface area contributed by atoms with Crippen LogP contribution in [0.1, 0.15) is 6.92 Å². The first kappa shape index (κ1) is 10.9. The van der Waals surface area contributed by atoms with E-state index in [1.54, 1.807) is 0 Å². The van der Waals surface area contributed by atoms with E-state index in [1.807, 2.05) is 5.32 Å². The van der Waals surface area contributed by atoms with Crippen molar-refractivity contribution in [1.29, 1.82) is 0 Å². The molecule has 0 saturated heterocycles. The lowest BCUT2D eigenvalue weighted by molar-refractivity contribution is -0.143. The van der Waals surface area contributed by atoms with Crippen LogP contribution in [0.4, 0.5) is 0 Å². The number of nitrogens with one attached hydrogen (secondary N) is 1. The van der Waals surface area contributed by atoms with Crippen LogP contribution in [0.15, 0.2) is 0 Å². The smallest absolute Gasteiger partial charge is 0.325 e. The average molecular weight is 177 g/mol. The molecule has 0 aliphatic carbocycles. The number of aliphatic hydroxyl groups excluding tert-OH is 2. The van der Waals surface area contributed by atoms with Crippen LogP contribution < -0.4 is 5.32 Å². The van der Waals surface area contributed by atoms with E-state index in [1.165, 1.54) is 6.92 Å². The van der Waals surface area contributed by atoms with E-state index >= 15 is 0 Å². The summed E-state index contributed by atoms with van der Waals surface area (Å²) in [6.45, 7) is 0.530. The molecule has 0 aromatic rings. The van der Waals surface area contributed by atoms with Gasteiger partial charge in [0.05, 0.1) is 6.61 Å². The van der Waals surface area contributed by atoms with Gasteiger partial charge in [0.15, 0.2) is 6.10 Å². The van der Waals surface area contributed by atoms with Crippen LogP contribution in [0.5, 0.6) is 0 Å². The van der Waals surface area contributed by atoms with Crippen LogP contribution in [0.25, 0.3) is 0 Å². The van der Waals surface area contributed by atoms with Gasteiger partial charge in [0.25, 0.3) is 5.91 Å². The summed E-state index contributed by atoms with van der Waals surface area (Å²) in [6, 6.07) is -1.07. The van der Waals surface area contributed by atoms with Crippen LogP contribution in [0.3, 0.4) is 0 Å². The lowest BCUT2D eigenvalue weighted by atomic mass is 10.3. The molecule has 0 bridgehead atoms. The number of carbonyl (C=O) groups excluding carboxylic acids is 1. The largest absolute Gasteiger partial charge is 0.480 e. The summed E-state index contributed by atoms with van der Waals surface area (Å²) in [7, 11) is 0. The van der Waals surface area contributed by atoms with Crippen molar-refractivity contribution < 1.29 is 24.9 Å². The van der Waals surface area contributed by atoms with Gasteiger partial charge in [0, 0.05) is 0 Å². The quantitative estimate of drug-likeness (QED) is 0.394. The topological polar surface area (TPSA) is 107 Å². The van der Waals surface area contributed by atoms with E-state index in [2.05, 4.69) is 0 Å². The predicted octanol–water partition coefficient (Wildman–Crippen LogP) is -2.07. The Kier molecular flexibility index (Phi) is 4.24. The molecule has 0 aromatic heterocycles. The first-order valence-corrected chi connectivity index (χ1v) is 3.31. The third kappa shape index (κ3) is 3.31. The Bertz CT molecular complexity index is 181. The molecule has 0 spiro atoms. The Balaban J connectivity index is 3.92. The van der Waals surface area contributed by atoms with Gasteiger partial charge in [-0.05, 0) is 6.92 Å². The molecule has 2 unspecified atom stereocenters. The third-order valence-electron chi connectivity index (χ3n) is 1.20. The Morgan fingerprint density at radius 3 is 2.33 bits per heavy atom. The molecule has 0 radical (unpaired) electrons. The average Bonchev–Trinajstić information content (AvgIpc) is 2.02. The van der Waals surface area contributed by atoms with Crippen LogP contribution in [-0.2, 0) is 9.59 Å². The zero-order chi connectivity index (χ0) is 9.72. The molecule has 12 heavy (non-hydrogen) atoms. The zero-order valence-corrected chi connectivity index (χ0v) is 6.52. The highest BCUT2D eigenvalue weighted by Gasteiger charge is 2.19. The molecule has 70 valence electrons. The van der Waals surface area contributed by atoms with Crippen LogP contribution in [0, 0.1) is 0 Å². The van der Waals surface area contributed by atoms with Gasteiger partial charge >= 0.3 is 5.97 Å². The van der Waals surface area contributed by atoms with Crippen LogP contribution in [0.2, 0.25) is 0 Å². The number of hydrogen-bond donors (Lipinski definition) is 4. The molecule has 0 aromatic carbocycles. The third-order valence-corrected chi connectivity index (χ3v) is 1.20. The number of aliphatic carboxylic acids is 1. The van der Waals surface area contributed by atoms with Crippen molar-refractivity contribution >= 4 is 11.9 Å². The normalized spacial score (nSPS) is 14.9. The molecule has 6 heteroatoms. The monoisotopic (exact) mass is 177 g/mol. The Labute approximate surface area is 68.8 Å². The molecule has 4 N–H and O–H groups in total. The Morgan fingerprint density at radius 2 is 2.00 bits per heavy atom. The number of rotatable bonds is 4. The van der Waals surface area contributed by atoms with Gasteiger partial charge in [-0.2, -0.15) is 0 Å². The number of hydrogen-bond acceptors (Lipinski definition) is 4. The molecule has 0 saturated carbocycles. The van der Waals surface area contributed by atoms with Crippen molar-refractivity contribution in [1.82, 2.24) is 5.32 Å². The summed E-state index contributed by atoms with van der Waals surface area (Å²) in [6.07, 6.45) is -1.56. The lowest BCUT2D eigenvalue weighted by Gasteiger charge is -2.11. The first-order chi connectivity index (χ1) is 5.49. The standard InChI is InChI=1S/C6H11NO5/c1-3(6(11)12)7-5(10)4(9)2-8/h3-4,8-9H,2H2,1H3,(H,7,10)(H,11,12). The fraction of sp³-hybridized carbons (Fsp3) is 0.667. The molecular formula is C6H11NO5. The molecule has 2 atom stereocenters. The van der Waals surface area contributed by atoms with Crippen LogP contribution >= 0.6 is 0 Å². The molecule has 0 aliphatic rings. The van der Waals surface area contributed by atoms with Crippen molar-refractivity contribution in [3.05, 3.63) is 0 Å². The number of aliphatic hydroxyl groups is 2. The zero-order valence-electron chi connectivity index (χ0n) is 6.52. The van der Waals surface area contributed by atoms with E-state index in [9.17, 15) is 9.59 Å². The number of carboxylic acids is 1. The summed E-state index contributed by atoms with van der Waals surface area (Å²) in [5.41, 5.74) is 0. The van der Waals surface area contributed by atoms with Crippen molar-refractivity contribution in [2.75, 3.05) is 6.61 Å². The summed E-state index contributed by atoms with van der Waals surface area (Å²) in [4.78, 5) is 20.9. The van der Waals surface area contributed by atoms with Crippen molar-refractivity contribution in [2.45, 2.75) is 19.1 Å². The van der Waals surface area contributed by atoms with E-state index in [0.29, 0.717) is 0 Å². The minimum Gasteiger partial charge on any atom is -0.480 e. The molecule has 1 amide bonds. The second kappa shape index (κ2) is 4.68. The first-order valence-electron chi connectivity index (χ1n) is 3.31. The van der Waals surface area contributed by atoms with Gasteiger partial charge in [-0.25, -0.2) is 0 Å². The second-order valence-electron chi connectivity index (χ2n) is 2.27. The molecule has 0 rings (SSSR count). The molecule has 0 aliphatic heterocycles. The summed E-state index contributed by atoms with van der Waals surface area (Å²) >= 11 is 0. The van der Waals surface area contributed by atoms with Crippen molar-refractivity contribution in [3.8, 4) is 0 Å². The number of carbonyl (C=O) groups is 2. The van der Waals surface area contributed by atoms with Gasteiger partial charge in [-0.1, -0.05) is 0 Å². The van der Waals surface area contributed by atoms with Crippen LogP contribution in [-0.4, -0.2) is 45.9 Å². The molecular weight excluding hydrogens is 166 g/mol. The highest BCUT2D eigenvalue weighted by molar-refractivity contribution is 5.85. The van der Waals surface area contributed by atoms with Gasteiger partial charge in [-0.15, -0.1) is 0 Å². The maximum absolute atomic E-state index is 10.7. The van der Waals surface area contributed by atoms with Gasteiger partial charge in [0.2, 0.25) is 0 Å². The minimum absolute atomic E-state index is 0.724. The van der Waals surface area contributed by atoms with E-state index in [0.717, 1.165) is 0 Å². The maximum atomic E-state index is 10.7. The number of carboxylic acid groups (broad SMARTS) is 1. The second-order valence-corrected chi connectivity index (χ2v) is 2.27. The molecule has 0 heterocycles. The minimum atomic E-state index is -1.56. The van der Waals surface area contributed by atoms with Gasteiger partial charge < -0.3 is 20.6 Å². The summed E-state index contributed by atoms with van der Waals surface area (Å²) < 4.78 is 0. The maximum Gasteiger partial charge on any atom is 0.325 e. The van der Waals surface area contributed by atoms with Crippen molar-refractivity contribution in [2.24, 2.45) is 0 Å². The fourth-order valence-electron chi connectivity index (χ4n) is 0.454. The Hall–Kier alpha value is -1.14. The Morgan fingerprint density at radius 1 is 1.50 bits per heavy atom. The van der Waals surface area contributed by atoms with E-state index in [-0.39, 0.29) is 0 Å². The van der Waals surface area contributed by atoms with E-state index < -0.39 is 30.6 Å². The number of amides is 1. The SMILES string of the molecule is CC(NC(=O)C(O)CO)C(=O)O. The predicted molar refractivity (Wildman–Crippen MR) is 38.3 cm³/mol. The van der Waals surface area contributed by atoms with Gasteiger partial charge in [-0.3, -0.25) is 9.59 Å². The van der Waals surface area contributed by atoms with Gasteiger partial charge in [0.1, 0.15) is 6.04 Å². The van der Waals surface area contributed by atoms with Crippen molar-refractivity contribution in [3.63, 3.8) is 0 Å². The highest BCUT2D eigenvalue weighted by atomic mass is 16.4. The molecule has 6 nitrogen and oxygen atoms in total.